The monoisotopic (exact) mass is 804 g/mol. The van der Waals surface area contributed by atoms with Crippen LogP contribution in [-0.4, -0.2) is 100 Å². The minimum absolute atomic E-state index is 0.0175. The van der Waals surface area contributed by atoms with Crippen molar-refractivity contribution in [3.8, 4) is 45.6 Å². The number of nitrogens with zero attached hydrogens (tertiary/aromatic N) is 6. The molecule has 2 unspecified atom stereocenters. The Hall–Kier alpha value is -5.78. The Bertz CT molecular complexity index is 2710. The molecule has 2 atom stereocenters. The maximum atomic E-state index is 5.61. The largest absolute Gasteiger partial charge is 0.433 e. The van der Waals surface area contributed by atoms with Crippen LogP contribution in [0.2, 0.25) is 0 Å². The maximum absolute atomic E-state index is 5.61. The molecule has 4 aliphatic heterocycles. The van der Waals surface area contributed by atoms with Crippen molar-refractivity contribution >= 4 is 54.1 Å². The third-order valence-corrected chi connectivity index (χ3v) is 10.8. The van der Waals surface area contributed by atoms with Crippen molar-refractivity contribution in [2.75, 3.05) is 26.4 Å². The molecule has 2 radical (unpaired) electrons. The van der Waals surface area contributed by atoms with E-state index in [2.05, 4.69) is 9.97 Å². The van der Waals surface area contributed by atoms with Crippen LogP contribution in [0.25, 0.3) is 89.7 Å². The second kappa shape index (κ2) is 15.1. The molecule has 296 valence electrons. The summed E-state index contributed by atoms with van der Waals surface area (Å²) in [4.78, 5) is 36.8. The molecule has 2 saturated heterocycles. The van der Waals surface area contributed by atoms with Gasteiger partial charge in [0.2, 0.25) is 0 Å². The molecule has 14 nitrogen and oxygen atoms in total. The fourth-order valence-corrected chi connectivity index (χ4v) is 8.17. The van der Waals surface area contributed by atoms with Crippen molar-refractivity contribution in [1.29, 1.82) is 0 Å². The van der Waals surface area contributed by atoms with Gasteiger partial charge in [0, 0.05) is 43.8 Å². The highest BCUT2D eigenvalue weighted by Gasteiger charge is 2.34. The van der Waals surface area contributed by atoms with Crippen LogP contribution in [0.3, 0.4) is 0 Å². The van der Waals surface area contributed by atoms with Crippen molar-refractivity contribution in [2.24, 2.45) is 0 Å². The van der Waals surface area contributed by atoms with Crippen LogP contribution in [0, 0.1) is 0 Å². The average molecular weight is 805 g/mol. The third kappa shape index (κ3) is 7.53. The Kier molecular flexibility index (Phi) is 9.60. The molecule has 0 spiro atoms. The molecule has 8 bridgehead atoms. The molecule has 0 saturated carbocycles. The van der Waals surface area contributed by atoms with Gasteiger partial charge in [-0.25, -0.2) is 29.9 Å². The highest BCUT2D eigenvalue weighted by Crippen LogP contribution is 2.37. The van der Waals surface area contributed by atoms with Crippen molar-refractivity contribution < 1.29 is 27.8 Å². The molecule has 11 rings (SSSR count). The number of hydrogen-bond acceptors (Lipinski definition) is 12. The maximum Gasteiger partial charge on any atom is 0.433 e. The quantitative estimate of drug-likeness (QED) is 0.124. The molecule has 7 aromatic rings. The zero-order valence-corrected chi connectivity index (χ0v) is 33.9. The van der Waals surface area contributed by atoms with Gasteiger partial charge in [-0.15, -0.1) is 0 Å². The molecular formula is C44H40N8O6Si. The third-order valence-electron chi connectivity index (χ3n) is 10.3. The van der Waals surface area contributed by atoms with Gasteiger partial charge < -0.3 is 37.8 Å². The molecule has 2 fully saturated rings. The predicted molar refractivity (Wildman–Crippen MR) is 224 cm³/mol. The molecule has 0 aliphatic carbocycles. The number of aromatic amines is 2. The van der Waals surface area contributed by atoms with E-state index in [0.29, 0.717) is 72.3 Å². The first kappa shape index (κ1) is 37.5. The van der Waals surface area contributed by atoms with E-state index in [1.807, 2.05) is 125 Å². The van der Waals surface area contributed by atoms with Crippen molar-refractivity contribution in [3.63, 3.8) is 0 Å². The molecule has 4 aliphatic rings. The van der Waals surface area contributed by atoms with Gasteiger partial charge in [-0.1, -0.05) is 97.1 Å². The van der Waals surface area contributed by atoms with E-state index in [-0.39, 0.29) is 22.2 Å². The summed E-state index contributed by atoms with van der Waals surface area (Å²) in [5.74, 6) is 1.33. The normalized spacial score (nSPS) is 18.7. The SMILES string of the molecule is CC1(C)OCC(CO[Si]OCC2COC(C)(C)O2)O1.c1ccc2c(c1)-c1nc3nc(nc4[nH]c(nc5[nH]c(nc-2n1)c1ccccc51)c1ccccc41)-c1ccccc1-3. The number of nitrogens with one attached hydrogen (secondary N) is 2. The van der Waals surface area contributed by atoms with Crippen LogP contribution in [0.1, 0.15) is 27.7 Å². The Morgan fingerprint density at radius 1 is 0.492 bits per heavy atom. The molecule has 15 heteroatoms. The number of benzene rings is 4. The van der Waals surface area contributed by atoms with E-state index in [1.165, 1.54) is 0 Å². The Morgan fingerprint density at radius 2 is 0.814 bits per heavy atom. The van der Waals surface area contributed by atoms with Gasteiger partial charge in [0.1, 0.15) is 34.8 Å². The summed E-state index contributed by atoms with van der Waals surface area (Å²) in [7, 11) is -0.0216. The smallest absolute Gasteiger partial charge is 0.390 e. The van der Waals surface area contributed by atoms with E-state index in [9.17, 15) is 0 Å². The van der Waals surface area contributed by atoms with Gasteiger partial charge in [-0.3, -0.25) is 0 Å². The van der Waals surface area contributed by atoms with E-state index in [0.717, 1.165) is 43.8 Å². The van der Waals surface area contributed by atoms with E-state index >= 15 is 0 Å². The lowest BCUT2D eigenvalue weighted by atomic mass is 10.1. The minimum atomic E-state index is -0.501. The van der Waals surface area contributed by atoms with Crippen molar-refractivity contribution in [3.05, 3.63) is 97.1 Å². The molecular weight excluding hydrogens is 765 g/mol. The van der Waals surface area contributed by atoms with E-state index < -0.39 is 11.6 Å². The Morgan fingerprint density at radius 3 is 1.15 bits per heavy atom. The zero-order chi connectivity index (χ0) is 40.1. The molecule has 59 heavy (non-hydrogen) atoms. The van der Waals surface area contributed by atoms with Gasteiger partial charge in [-0.2, -0.15) is 0 Å². The number of H-pyrrole nitrogens is 2. The Balaban J connectivity index is 0.000000187. The summed E-state index contributed by atoms with van der Waals surface area (Å²) in [5.41, 5.74) is 6.46. The fourth-order valence-electron chi connectivity index (χ4n) is 7.58. The summed E-state index contributed by atoms with van der Waals surface area (Å²) in [5, 5.41) is 3.86. The summed E-state index contributed by atoms with van der Waals surface area (Å²) >= 11 is 0. The predicted octanol–water partition coefficient (Wildman–Crippen LogP) is 7.73. The van der Waals surface area contributed by atoms with Crippen molar-refractivity contribution in [2.45, 2.75) is 51.5 Å². The van der Waals surface area contributed by atoms with Gasteiger partial charge in [0.25, 0.3) is 0 Å². The highest BCUT2D eigenvalue weighted by atomic mass is 28.3. The number of fused-ring (bicyclic) bond motifs is 20. The van der Waals surface area contributed by atoms with Crippen molar-refractivity contribution in [1.82, 2.24) is 39.9 Å². The summed E-state index contributed by atoms with van der Waals surface area (Å²) in [6.07, 6.45) is -0.0350. The van der Waals surface area contributed by atoms with Gasteiger partial charge in [-0.05, 0) is 27.7 Å². The minimum Gasteiger partial charge on any atom is -0.390 e. The number of aromatic nitrogens is 8. The molecule has 4 aromatic carbocycles. The summed E-state index contributed by atoms with van der Waals surface area (Å²) < 4.78 is 33.0. The van der Waals surface area contributed by atoms with Crippen LogP contribution in [0.5, 0.6) is 0 Å². The van der Waals surface area contributed by atoms with E-state index in [1.54, 1.807) is 0 Å². The number of hydrogen-bond donors (Lipinski definition) is 2. The Labute approximate surface area is 341 Å². The van der Waals surface area contributed by atoms with Crippen LogP contribution in [0.15, 0.2) is 97.1 Å². The first-order chi connectivity index (χ1) is 28.7. The van der Waals surface area contributed by atoms with Crippen LogP contribution >= 0.6 is 0 Å². The average Bonchev–Trinajstić information content (AvgIpc) is 4.08. The molecule has 2 N–H and O–H groups in total. The van der Waals surface area contributed by atoms with Gasteiger partial charge >= 0.3 is 10.0 Å². The molecule has 0 amide bonds. The second-order valence-corrected chi connectivity index (χ2v) is 16.1. The first-order valence-corrected chi connectivity index (χ1v) is 20.3. The summed E-state index contributed by atoms with van der Waals surface area (Å²) in [6, 6.07) is 32.2. The first-order valence-electron chi connectivity index (χ1n) is 19.5. The number of ether oxygens (including phenoxy) is 4. The van der Waals surface area contributed by atoms with Gasteiger partial charge in [0.15, 0.2) is 34.9 Å². The topological polar surface area (TPSA) is 164 Å². The van der Waals surface area contributed by atoms with Crippen LogP contribution < -0.4 is 0 Å². The fraction of sp³-hybridized carbons (Fsp3) is 0.273. The highest BCUT2D eigenvalue weighted by molar-refractivity contribution is 6.18. The zero-order valence-electron chi connectivity index (χ0n) is 32.9. The van der Waals surface area contributed by atoms with Gasteiger partial charge in [0.05, 0.1) is 26.4 Å². The molecule has 3 aromatic heterocycles. The second-order valence-electron chi connectivity index (χ2n) is 15.4. The van der Waals surface area contributed by atoms with E-state index in [4.69, 9.17) is 57.7 Å². The summed E-state index contributed by atoms with van der Waals surface area (Å²) in [6.45, 7) is 9.66. The van der Waals surface area contributed by atoms with Crippen LogP contribution in [0.4, 0.5) is 0 Å². The lowest BCUT2D eigenvalue weighted by molar-refractivity contribution is -0.143. The number of rotatable bonds is 6. The standard InChI is InChI=1S/C32H18N8.C12H22O6Si/c1-2-10-18-17(9-1)25-33-26(18)38-28-21-13-5-6-14-22(21)30(35-28)40-32-24-16-8-7-15-23(24)31(36-32)39-29-20-12-4-3-11-19(20)27(34-29)37-25;1-11(2)13-5-9(17-11)7-15-19-16-8-10-6-14-12(3,4)18-10/h1-16H,(H2,33,34,35,36,37,38,39,40);9-10H,5-8H2,1-4H3. The lowest BCUT2D eigenvalue weighted by Crippen LogP contribution is -2.27. The lowest BCUT2D eigenvalue weighted by Gasteiger charge is -2.17. The molecule has 7 heterocycles. The van der Waals surface area contributed by atoms with Crippen LogP contribution in [-0.2, 0) is 27.8 Å².